The van der Waals surface area contributed by atoms with Crippen LogP contribution in [0.2, 0.25) is 0 Å². The van der Waals surface area contributed by atoms with Crippen LogP contribution in [0.4, 0.5) is 23.1 Å². The lowest BCUT2D eigenvalue weighted by Gasteiger charge is -2.35. The van der Waals surface area contributed by atoms with Crippen LogP contribution in [0, 0.1) is 6.92 Å². The highest BCUT2D eigenvalue weighted by Gasteiger charge is 2.23. The molecule has 3 aromatic rings. The summed E-state index contributed by atoms with van der Waals surface area (Å²) in [5, 5.41) is 3.23. The molecule has 31 heavy (non-hydrogen) atoms. The van der Waals surface area contributed by atoms with Crippen molar-refractivity contribution in [2.75, 3.05) is 55.4 Å². The molecule has 1 fully saturated rings. The minimum atomic E-state index is 0.0692. The number of nitrogens with zero attached hydrogens (tertiary/aromatic N) is 6. The number of nitrogens with one attached hydrogen (secondary N) is 1. The average molecular weight is 418 g/mol. The van der Waals surface area contributed by atoms with Crippen molar-refractivity contribution in [2.45, 2.75) is 6.92 Å². The Morgan fingerprint density at radius 3 is 2.48 bits per heavy atom. The molecule has 3 heterocycles. The van der Waals surface area contributed by atoms with Crippen molar-refractivity contribution >= 4 is 29.0 Å². The van der Waals surface area contributed by atoms with Gasteiger partial charge in [0.1, 0.15) is 23.3 Å². The van der Waals surface area contributed by atoms with Crippen LogP contribution in [0.5, 0.6) is 0 Å². The first-order chi connectivity index (χ1) is 15.0. The molecule has 1 amide bonds. The minimum Gasteiger partial charge on any atom is -0.378 e. The Kier molecular flexibility index (Phi) is 5.97. The predicted molar refractivity (Wildman–Crippen MR) is 123 cm³/mol. The van der Waals surface area contributed by atoms with Crippen molar-refractivity contribution in [3.63, 3.8) is 0 Å². The van der Waals surface area contributed by atoms with Gasteiger partial charge in [0.15, 0.2) is 0 Å². The number of piperazine rings is 1. The summed E-state index contributed by atoms with van der Waals surface area (Å²) in [5.74, 6) is 3.06. The van der Waals surface area contributed by atoms with Crippen molar-refractivity contribution in [3.8, 4) is 0 Å². The van der Waals surface area contributed by atoms with Crippen LogP contribution < -0.4 is 15.1 Å². The third kappa shape index (κ3) is 4.91. The summed E-state index contributed by atoms with van der Waals surface area (Å²) in [5.41, 5.74) is 1.74. The lowest BCUT2D eigenvalue weighted by Crippen LogP contribution is -2.49. The number of carbonyl (C=O) groups excluding carboxylic acids is 1. The lowest BCUT2D eigenvalue weighted by molar-refractivity contribution is 0.0746. The first-order valence-electron chi connectivity index (χ1n) is 10.3. The molecule has 0 bridgehead atoms. The second kappa shape index (κ2) is 8.99. The van der Waals surface area contributed by atoms with Crippen LogP contribution in [0.3, 0.4) is 0 Å². The molecule has 8 heteroatoms. The smallest absolute Gasteiger partial charge is 0.254 e. The normalized spacial score (nSPS) is 13.8. The second-order valence-electron chi connectivity index (χ2n) is 7.72. The summed E-state index contributed by atoms with van der Waals surface area (Å²) in [6, 6.07) is 15.4. The molecule has 1 aliphatic heterocycles. The van der Waals surface area contributed by atoms with E-state index in [0.717, 1.165) is 36.0 Å². The van der Waals surface area contributed by atoms with E-state index in [1.165, 1.54) is 0 Å². The predicted octanol–water partition coefficient (Wildman–Crippen LogP) is 2.95. The topological polar surface area (TPSA) is 77.5 Å². The maximum absolute atomic E-state index is 13.0. The zero-order valence-corrected chi connectivity index (χ0v) is 18.1. The van der Waals surface area contributed by atoms with E-state index in [9.17, 15) is 4.79 Å². The molecule has 1 aromatic carbocycles. The van der Waals surface area contributed by atoms with Gasteiger partial charge in [-0.15, -0.1) is 0 Å². The molecule has 1 saturated heterocycles. The van der Waals surface area contributed by atoms with E-state index < -0.39 is 0 Å². The second-order valence-corrected chi connectivity index (χ2v) is 7.72. The summed E-state index contributed by atoms with van der Waals surface area (Å²) >= 11 is 0. The van der Waals surface area contributed by atoms with Crippen LogP contribution in [-0.2, 0) is 0 Å². The molecular formula is C23H27N7O. The Hall–Kier alpha value is -3.68. The highest BCUT2D eigenvalue weighted by molar-refractivity contribution is 5.95. The van der Waals surface area contributed by atoms with Gasteiger partial charge in [0, 0.05) is 63.8 Å². The number of anilines is 4. The zero-order valence-electron chi connectivity index (χ0n) is 18.1. The van der Waals surface area contributed by atoms with Gasteiger partial charge in [0.2, 0.25) is 0 Å². The number of benzene rings is 1. The summed E-state index contributed by atoms with van der Waals surface area (Å²) in [6.45, 7) is 4.62. The molecule has 0 saturated carbocycles. The number of carbonyl (C=O) groups is 1. The third-order valence-corrected chi connectivity index (χ3v) is 5.25. The Morgan fingerprint density at radius 1 is 0.968 bits per heavy atom. The van der Waals surface area contributed by atoms with Crippen molar-refractivity contribution in [1.29, 1.82) is 0 Å². The molecule has 8 nitrogen and oxygen atoms in total. The van der Waals surface area contributed by atoms with E-state index in [1.807, 2.05) is 79.3 Å². The molecule has 160 valence electrons. The van der Waals surface area contributed by atoms with Gasteiger partial charge < -0.3 is 20.0 Å². The summed E-state index contributed by atoms with van der Waals surface area (Å²) < 4.78 is 0. The molecule has 0 spiro atoms. The molecule has 0 atom stereocenters. The van der Waals surface area contributed by atoms with Crippen molar-refractivity contribution in [1.82, 2.24) is 19.9 Å². The fraction of sp³-hybridized carbons (Fsp3) is 0.304. The minimum absolute atomic E-state index is 0.0692. The molecule has 0 radical (unpaired) electrons. The SMILES string of the molecule is Cc1nc(Nc2ccccn2)cc(N2CCN(C(=O)c3cccc(N(C)C)c3)CC2)n1. The quantitative estimate of drug-likeness (QED) is 0.684. The fourth-order valence-electron chi connectivity index (χ4n) is 3.58. The number of hydrogen-bond donors (Lipinski definition) is 1. The van der Waals surface area contributed by atoms with Gasteiger partial charge in [-0.1, -0.05) is 12.1 Å². The number of rotatable bonds is 5. The molecule has 0 aliphatic carbocycles. The first-order valence-corrected chi connectivity index (χ1v) is 10.3. The van der Waals surface area contributed by atoms with Gasteiger partial charge >= 0.3 is 0 Å². The third-order valence-electron chi connectivity index (χ3n) is 5.25. The fourth-order valence-corrected chi connectivity index (χ4v) is 3.58. The maximum Gasteiger partial charge on any atom is 0.254 e. The number of aromatic nitrogens is 3. The molecule has 0 unspecified atom stereocenters. The average Bonchev–Trinajstić information content (AvgIpc) is 2.79. The largest absolute Gasteiger partial charge is 0.378 e. The Balaban J connectivity index is 1.43. The Morgan fingerprint density at radius 2 is 1.77 bits per heavy atom. The molecule has 4 rings (SSSR count). The molecule has 2 aromatic heterocycles. The van der Waals surface area contributed by atoms with Gasteiger partial charge in [0.05, 0.1) is 0 Å². The number of aryl methyl sites for hydroxylation is 1. The van der Waals surface area contributed by atoms with Gasteiger partial charge in [-0.25, -0.2) is 15.0 Å². The lowest BCUT2D eigenvalue weighted by atomic mass is 10.1. The van der Waals surface area contributed by atoms with Crippen molar-refractivity contribution in [2.24, 2.45) is 0 Å². The standard InChI is InChI=1S/C23H27N7O/c1-17-25-21(27-20-9-4-5-10-24-20)16-22(26-17)29-11-13-30(14-12-29)23(31)18-7-6-8-19(15-18)28(2)3/h4-10,15-16H,11-14H2,1-3H3,(H,24,25,26,27). The number of pyridine rings is 1. The summed E-state index contributed by atoms with van der Waals surface area (Å²) in [4.78, 5) is 32.4. The van der Waals surface area contributed by atoms with Crippen LogP contribution in [-0.4, -0.2) is 66.0 Å². The van der Waals surface area contributed by atoms with E-state index in [4.69, 9.17) is 0 Å². The number of amides is 1. The zero-order chi connectivity index (χ0) is 21.8. The van der Waals surface area contributed by atoms with Crippen molar-refractivity contribution in [3.05, 3.63) is 66.1 Å². The van der Waals surface area contributed by atoms with E-state index in [1.54, 1.807) is 6.20 Å². The van der Waals surface area contributed by atoms with E-state index in [-0.39, 0.29) is 5.91 Å². The van der Waals surface area contributed by atoms with Gasteiger partial charge in [-0.2, -0.15) is 0 Å². The Bertz CT molecular complexity index is 1050. The van der Waals surface area contributed by atoms with Gasteiger partial charge in [0.25, 0.3) is 5.91 Å². The monoisotopic (exact) mass is 417 g/mol. The van der Waals surface area contributed by atoms with Gasteiger partial charge in [-0.05, 0) is 37.3 Å². The molecular weight excluding hydrogens is 390 g/mol. The highest BCUT2D eigenvalue weighted by atomic mass is 16.2. The summed E-state index contributed by atoms with van der Waals surface area (Å²) in [7, 11) is 3.95. The van der Waals surface area contributed by atoms with Crippen LogP contribution >= 0.6 is 0 Å². The molecule has 1 aliphatic rings. The van der Waals surface area contributed by atoms with E-state index >= 15 is 0 Å². The van der Waals surface area contributed by atoms with Crippen LogP contribution in [0.1, 0.15) is 16.2 Å². The van der Waals surface area contributed by atoms with E-state index in [0.29, 0.717) is 24.7 Å². The van der Waals surface area contributed by atoms with E-state index in [2.05, 4.69) is 25.2 Å². The van der Waals surface area contributed by atoms with Crippen LogP contribution in [0.15, 0.2) is 54.7 Å². The highest BCUT2D eigenvalue weighted by Crippen LogP contribution is 2.21. The summed E-state index contributed by atoms with van der Waals surface area (Å²) in [6.07, 6.45) is 1.74. The van der Waals surface area contributed by atoms with Gasteiger partial charge in [-0.3, -0.25) is 4.79 Å². The number of hydrogen-bond acceptors (Lipinski definition) is 7. The first kappa shape index (κ1) is 20.6. The Labute approximate surface area is 182 Å². The molecule has 1 N–H and O–H groups in total. The maximum atomic E-state index is 13.0. The van der Waals surface area contributed by atoms with Crippen LogP contribution in [0.25, 0.3) is 0 Å². The van der Waals surface area contributed by atoms with Crippen molar-refractivity contribution < 1.29 is 4.79 Å².